The molecule has 20 heavy (non-hydrogen) atoms. The van der Waals surface area contributed by atoms with Crippen molar-refractivity contribution in [3.05, 3.63) is 34.6 Å². The second-order valence-corrected chi connectivity index (χ2v) is 7.27. The van der Waals surface area contributed by atoms with Crippen LogP contribution in [0.15, 0.2) is 22.6 Å². The Bertz CT molecular complexity index is 525. The van der Waals surface area contributed by atoms with Crippen molar-refractivity contribution in [2.45, 2.75) is 31.7 Å². The van der Waals surface area contributed by atoms with Gasteiger partial charge in [-0.1, -0.05) is 16.0 Å². The first-order valence-electron chi connectivity index (χ1n) is 5.46. The summed E-state index contributed by atoms with van der Waals surface area (Å²) in [7, 11) is 0. The highest BCUT2D eigenvalue weighted by Gasteiger charge is 2.42. The van der Waals surface area contributed by atoms with Gasteiger partial charge >= 0.3 is 6.18 Å². The summed E-state index contributed by atoms with van der Waals surface area (Å²) in [5, 5.41) is -0.0695. The fourth-order valence-corrected chi connectivity index (χ4v) is 1.97. The monoisotopic (exact) mass is 329 g/mol. The van der Waals surface area contributed by atoms with Crippen molar-refractivity contribution in [3.63, 3.8) is 0 Å². The maximum Gasteiger partial charge on any atom is 0.438 e. The molecule has 2 nitrogen and oxygen atoms in total. The molecule has 0 fully saturated rings. The summed E-state index contributed by atoms with van der Waals surface area (Å²) in [6, 6.07) is 2.73. The minimum atomic E-state index is -4.94. The summed E-state index contributed by atoms with van der Waals surface area (Å²) in [6.45, 7) is 4.40. The number of alkyl halides is 3. The first-order chi connectivity index (χ1) is 8.93. The maximum atomic E-state index is 13.6. The number of benzene rings is 1. The Balaban J connectivity index is 3.42. The average molecular weight is 330 g/mol. The highest BCUT2D eigenvalue weighted by molar-refractivity contribution is 7.91. The van der Waals surface area contributed by atoms with Gasteiger partial charge in [0.1, 0.15) is 21.9 Å². The number of rotatable bonds is 2. The summed E-state index contributed by atoms with van der Waals surface area (Å²) in [4.78, 5) is 0. The summed E-state index contributed by atoms with van der Waals surface area (Å²) >= 11 is 3.40. The molecule has 0 radical (unpaired) electrons. The molecule has 0 saturated heterocycles. The van der Waals surface area contributed by atoms with E-state index in [4.69, 9.17) is 11.6 Å². The van der Waals surface area contributed by atoms with Crippen molar-refractivity contribution < 1.29 is 22.1 Å². The standard InChI is InChI=1S/C12H12ClF4NOS/c1-11(2,3)20(19)18-10(12(15,16)17)8-6-7(13)4-5-9(8)14/h4-6H,1-3H3/b18-10-/t20-/m1/s1. The van der Waals surface area contributed by atoms with Gasteiger partial charge in [0.15, 0.2) is 0 Å². The molecular weight excluding hydrogens is 318 g/mol. The van der Waals surface area contributed by atoms with Crippen molar-refractivity contribution in [3.8, 4) is 0 Å². The third kappa shape index (κ3) is 4.36. The molecule has 0 saturated carbocycles. The SMILES string of the molecule is CC(C)(C)[S@@+]([O-])/N=C(/c1cc(Cl)ccc1F)C(F)(F)F. The predicted octanol–water partition coefficient (Wildman–Crippen LogP) is 4.29. The topological polar surface area (TPSA) is 35.4 Å². The van der Waals surface area contributed by atoms with Gasteiger partial charge < -0.3 is 4.55 Å². The van der Waals surface area contributed by atoms with E-state index < -0.39 is 39.4 Å². The second-order valence-electron chi connectivity index (χ2n) is 4.92. The molecule has 0 spiro atoms. The van der Waals surface area contributed by atoms with E-state index >= 15 is 0 Å². The lowest BCUT2D eigenvalue weighted by molar-refractivity contribution is -0.0580. The van der Waals surface area contributed by atoms with Crippen LogP contribution in [0.4, 0.5) is 17.6 Å². The van der Waals surface area contributed by atoms with Crippen molar-refractivity contribution in [2.75, 3.05) is 0 Å². The highest BCUT2D eigenvalue weighted by atomic mass is 35.5. The molecule has 1 rings (SSSR count). The smallest absolute Gasteiger partial charge is 0.438 e. The Morgan fingerprint density at radius 2 is 1.80 bits per heavy atom. The van der Waals surface area contributed by atoms with Gasteiger partial charge in [0.05, 0.1) is 0 Å². The molecular formula is C12H12ClF4NOS. The van der Waals surface area contributed by atoms with E-state index in [1.165, 1.54) is 20.8 Å². The van der Waals surface area contributed by atoms with E-state index in [-0.39, 0.29) is 5.02 Å². The van der Waals surface area contributed by atoms with Crippen LogP contribution in [0.1, 0.15) is 26.3 Å². The van der Waals surface area contributed by atoms with Gasteiger partial charge in [-0.2, -0.15) is 13.2 Å². The van der Waals surface area contributed by atoms with E-state index in [9.17, 15) is 22.1 Å². The normalized spacial score (nSPS) is 15.3. The largest absolute Gasteiger partial charge is 0.591 e. The van der Waals surface area contributed by atoms with Gasteiger partial charge in [0, 0.05) is 10.6 Å². The van der Waals surface area contributed by atoms with Crippen LogP contribution in [0.3, 0.4) is 0 Å². The van der Waals surface area contributed by atoms with Crippen LogP contribution < -0.4 is 0 Å². The molecule has 0 aliphatic heterocycles. The lowest BCUT2D eigenvalue weighted by atomic mass is 10.1. The van der Waals surface area contributed by atoms with Gasteiger partial charge in [-0.3, -0.25) is 0 Å². The molecule has 1 aromatic rings. The Kier molecular flexibility index (Phi) is 5.10. The number of hydrogen-bond acceptors (Lipinski definition) is 2. The molecule has 0 aromatic heterocycles. The molecule has 0 aliphatic rings. The molecule has 0 unspecified atom stereocenters. The minimum Gasteiger partial charge on any atom is -0.591 e. The lowest BCUT2D eigenvalue weighted by Gasteiger charge is -2.20. The van der Waals surface area contributed by atoms with Gasteiger partial charge in [0.25, 0.3) is 0 Å². The summed E-state index contributed by atoms with van der Waals surface area (Å²) < 4.78 is 66.5. The Labute approximate surface area is 122 Å². The van der Waals surface area contributed by atoms with E-state index in [1.807, 2.05) is 0 Å². The van der Waals surface area contributed by atoms with Crippen LogP contribution in [0.2, 0.25) is 5.02 Å². The van der Waals surface area contributed by atoms with Crippen LogP contribution in [-0.4, -0.2) is 21.2 Å². The van der Waals surface area contributed by atoms with Crippen molar-refractivity contribution >= 4 is 28.7 Å². The molecule has 0 N–H and O–H groups in total. The number of halogens is 5. The number of hydrogen-bond donors (Lipinski definition) is 0. The molecule has 0 aliphatic carbocycles. The zero-order valence-corrected chi connectivity index (χ0v) is 12.5. The average Bonchev–Trinajstić information content (AvgIpc) is 2.26. The molecule has 112 valence electrons. The second kappa shape index (κ2) is 5.91. The van der Waals surface area contributed by atoms with Crippen molar-refractivity contribution in [1.82, 2.24) is 0 Å². The molecule has 1 aromatic carbocycles. The molecule has 1 atom stereocenters. The predicted molar refractivity (Wildman–Crippen MR) is 71.9 cm³/mol. The van der Waals surface area contributed by atoms with E-state index in [0.717, 1.165) is 18.2 Å². The maximum absolute atomic E-state index is 13.6. The Hall–Kier alpha value is -0.790. The van der Waals surface area contributed by atoms with Crippen LogP contribution in [0, 0.1) is 5.82 Å². The fourth-order valence-electron chi connectivity index (χ4n) is 1.15. The van der Waals surface area contributed by atoms with Crippen LogP contribution in [-0.2, 0) is 11.4 Å². The quantitative estimate of drug-likeness (QED) is 0.453. The van der Waals surface area contributed by atoms with Gasteiger partial charge in [-0.25, -0.2) is 4.39 Å². The van der Waals surface area contributed by atoms with Crippen LogP contribution in [0.5, 0.6) is 0 Å². The first kappa shape index (κ1) is 17.3. The first-order valence-corrected chi connectivity index (χ1v) is 6.94. The third-order valence-corrected chi connectivity index (χ3v) is 3.78. The molecule has 0 bridgehead atoms. The molecule has 8 heteroatoms. The minimum absolute atomic E-state index is 0.0695. The van der Waals surface area contributed by atoms with E-state index in [1.54, 1.807) is 0 Å². The van der Waals surface area contributed by atoms with Gasteiger partial charge in [-0.05, 0) is 39.0 Å². The van der Waals surface area contributed by atoms with Gasteiger partial charge in [-0.15, -0.1) is 0 Å². The summed E-state index contributed by atoms with van der Waals surface area (Å²) in [6.07, 6.45) is -4.94. The summed E-state index contributed by atoms with van der Waals surface area (Å²) in [5.41, 5.74) is -2.35. The van der Waals surface area contributed by atoms with E-state index in [0.29, 0.717) is 0 Å². The van der Waals surface area contributed by atoms with Crippen LogP contribution in [0.25, 0.3) is 0 Å². The van der Waals surface area contributed by atoms with Crippen molar-refractivity contribution in [1.29, 1.82) is 0 Å². The van der Waals surface area contributed by atoms with E-state index in [2.05, 4.69) is 4.40 Å². The zero-order valence-electron chi connectivity index (χ0n) is 10.9. The molecule has 0 heterocycles. The highest BCUT2D eigenvalue weighted by Crippen LogP contribution is 2.29. The fraction of sp³-hybridized carbons (Fsp3) is 0.417. The zero-order chi connectivity index (χ0) is 15.7. The van der Waals surface area contributed by atoms with Gasteiger partial charge in [0.2, 0.25) is 5.71 Å². The van der Waals surface area contributed by atoms with Crippen molar-refractivity contribution in [2.24, 2.45) is 4.40 Å². The number of nitrogens with zero attached hydrogens (tertiary/aromatic N) is 1. The Morgan fingerprint density at radius 1 is 1.25 bits per heavy atom. The van der Waals surface area contributed by atoms with Crippen LogP contribution >= 0.6 is 11.6 Å². The summed E-state index contributed by atoms with van der Waals surface area (Å²) in [5.74, 6) is -1.13. The lowest BCUT2D eigenvalue weighted by Crippen LogP contribution is -2.32. The Morgan fingerprint density at radius 3 is 2.25 bits per heavy atom. The third-order valence-electron chi connectivity index (χ3n) is 2.15. The molecule has 0 amide bonds.